The maximum atomic E-state index is 12.5. The first-order valence-corrected chi connectivity index (χ1v) is 30.6. The van der Waals surface area contributed by atoms with Crippen LogP contribution in [0.15, 0.2) is 24.3 Å². The van der Waals surface area contributed by atoms with Crippen LogP contribution in [0.4, 0.5) is 0 Å². The number of allylic oxidation sites excluding steroid dienone is 4. The number of hydrogen-bond acceptors (Lipinski definition) is 5. The van der Waals surface area contributed by atoms with Crippen molar-refractivity contribution in [3.8, 4) is 0 Å². The SMILES string of the molecule is CCCC/C=C\C/C=C\CCCCCCCC(=O)OCCCCCCCCCCCCCCCCCCCCCCCCCCC(=O)NC(CO)C(O)CCCCCCCCCCCCCCC. The van der Waals surface area contributed by atoms with Gasteiger partial charge in [-0.25, -0.2) is 0 Å². The highest BCUT2D eigenvalue weighted by molar-refractivity contribution is 5.76. The summed E-state index contributed by atoms with van der Waals surface area (Å²) < 4.78 is 5.47. The molecule has 2 unspecified atom stereocenters. The lowest BCUT2D eigenvalue weighted by Gasteiger charge is -2.22. The van der Waals surface area contributed by atoms with Gasteiger partial charge >= 0.3 is 5.97 Å². The van der Waals surface area contributed by atoms with Gasteiger partial charge in [-0.05, 0) is 51.4 Å². The van der Waals surface area contributed by atoms with E-state index in [-0.39, 0.29) is 18.5 Å². The van der Waals surface area contributed by atoms with E-state index in [0.717, 1.165) is 51.4 Å². The molecule has 0 aliphatic carbocycles. The normalized spacial score (nSPS) is 12.7. The van der Waals surface area contributed by atoms with E-state index in [1.165, 1.54) is 250 Å². The molecule has 0 radical (unpaired) electrons. The molecule has 402 valence electrons. The number of nitrogens with one attached hydrogen (secondary N) is 1. The Bertz CT molecular complexity index is 1060. The van der Waals surface area contributed by atoms with Gasteiger partial charge in [-0.1, -0.05) is 295 Å². The molecule has 2 atom stereocenters. The molecule has 0 rings (SSSR count). The number of hydrogen-bond donors (Lipinski definition) is 3. The van der Waals surface area contributed by atoms with Crippen LogP contribution >= 0.6 is 0 Å². The number of amides is 1. The molecule has 0 spiro atoms. The van der Waals surface area contributed by atoms with E-state index in [0.29, 0.717) is 25.9 Å². The maximum Gasteiger partial charge on any atom is 0.305 e. The van der Waals surface area contributed by atoms with E-state index in [2.05, 4.69) is 43.5 Å². The molecule has 1 amide bonds. The number of aliphatic hydroxyl groups is 2. The van der Waals surface area contributed by atoms with E-state index in [4.69, 9.17) is 4.74 Å². The first-order chi connectivity index (χ1) is 33.5. The van der Waals surface area contributed by atoms with Crippen molar-refractivity contribution in [1.82, 2.24) is 5.32 Å². The fraction of sp³-hybridized carbons (Fsp3) is 0.903. The third-order valence-electron chi connectivity index (χ3n) is 14.3. The molecule has 3 N–H and O–H groups in total. The highest BCUT2D eigenvalue weighted by atomic mass is 16.5. The number of esters is 1. The smallest absolute Gasteiger partial charge is 0.305 e. The second-order valence-electron chi connectivity index (χ2n) is 21.0. The van der Waals surface area contributed by atoms with Gasteiger partial charge in [-0.15, -0.1) is 0 Å². The fourth-order valence-corrected chi connectivity index (χ4v) is 9.54. The summed E-state index contributed by atoms with van der Waals surface area (Å²) in [7, 11) is 0. The number of rotatable bonds is 57. The van der Waals surface area contributed by atoms with Gasteiger partial charge in [-0.3, -0.25) is 9.59 Å². The number of unbranched alkanes of at least 4 members (excludes halogenated alkanes) is 42. The van der Waals surface area contributed by atoms with Gasteiger partial charge in [0, 0.05) is 12.8 Å². The van der Waals surface area contributed by atoms with E-state index in [1.54, 1.807) is 0 Å². The van der Waals surface area contributed by atoms with Gasteiger partial charge < -0.3 is 20.3 Å². The van der Waals surface area contributed by atoms with Gasteiger partial charge in [0.15, 0.2) is 0 Å². The Morgan fingerprint density at radius 1 is 0.412 bits per heavy atom. The number of aliphatic hydroxyl groups excluding tert-OH is 2. The van der Waals surface area contributed by atoms with Crippen LogP contribution in [0.2, 0.25) is 0 Å². The van der Waals surface area contributed by atoms with E-state index >= 15 is 0 Å². The summed E-state index contributed by atoms with van der Waals surface area (Å²) in [4.78, 5) is 24.5. The van der Waals surface area contributed by atoms with E-state index < -0.39 is 12.1 Å². The van der Waals surface area contributed by atoms with Crippen molar-refractivity contribution in [2.24, 2.45) is 0 Å². The minimum Gasteiger partial charge on any atom is -0.466 e. The number of carbonyl (C=O) groups is 2. The lowest BCUT2D eigenvalue weighted by atomic mass is 10.0. The zero-order valence-corrected chi connectivity index (χ0v) is 45.9. The summed E-state index contributed by atoms with van der Waals surface area (Å²) in [6.45, 7) is 4.92. The molecule has 6 heteroatoms. The van der Waals surface area contributed by atoms with Crippen molar-refractivity contribution in [3.63, 3.8) is 0 Å². The molecule has 0 bridgehead atoms. The summed E-state index contributed by atoms with van der Waals surface area (Å²) in [5.41, 5.74) is 0. The quantitative estimate of drug-likeness (QED) is 0.0321. The maximum absolute atomic E-state index is 12.5. The van der Waals surface area contributed by atoms with Crippen LogP contribution < -0.4 is 5.32 Å². The van der Waals surface area contributed by atoms with Crippen molar-refractivity contribution in [1.29, 1.82) is 0 Å². The third-order valence-corrected chi connectivity index (χ3v) is 14.3. The van der Waals surface area contributed by atoms with Crippen molar-refractivity contribution in [3.05, 3.63) is 24.3 Å². The lowest BCUT2D eigenvalue weighted by molar-refractivity contribution is -0.143. The van der Waals surface area contributed by atoms with E-state index in [9.17, 15) is 19.8 Å². The average molecular weight is 959 g/mol. The van der Waals surface area contributed by atoms with Crippen molar-refractivity contribution in [2.45, 2.75) is 347 Å². The molecule has 68 heavy (non-hydrogen) atoms. The Hall–Kier alpha value is -1.66. The predicted molar refractivity (Wildman–Crippen MR) is 296 cm³/mol. The second-order valence-corrected chi connectivity index (χ2v) is 21.0. The summed E-state index contributed by atoms with van der Waals surface area (Å²) >= 11 is 0. The summed E-state index contributed by atoms with van der Waals surface area (Å²) in [6, 6.07) is -0.539. The van der Waals surface area contributed by atoms with Crippen molar-refractivity contribution < 1.29 is 24.5 Å². The van der Waals surface area contributed by atoms with Crippen LogP contribution in [-0.2, 0) is 14.3 Å². The Morgan fingerprint density at radius 2 is 0.750 bits per heavy atom. The van der Waals surface area contributed by atoms with Crippen molar-refractivity contribution in [2.75, 3.05) is 13.2 Å². The molecule has 0 saturated carbocycles. The third kappa shape index (κ3) is 53.7. The highest BCUT2D eigenvalue weighted by Gasteiger charge is 2.20. The second kappa shape index (κ2) is 57.9. The lowest BCUT2D eigenvalue weighted by Crippen LogP contribution is -2.45. The van der Waals surface area contributed by atoms with E-state index in [1.807, 2.05) is 0 Å². The topological polar surface area (TPSA) is 95.9 Å². The number of carbonyl (C=O) groups excluding carboxylic acids is 2. The minimum absolute atomic E-state index is 0.00103. The Labute approximate surface area is 424 Å². The summed E-state index contributed by atoms with van der Waals surface area (Å²) in [6.07, 6.45) is 70.4. The molecule has 0 aromatic rings. The highest BCUT2D eigenvalue weighted by Crippen LogP contribution is 2.18. The minimum atomic E-state index is -0.662. The molecule has 0 saturated heterocycles. The Balaban J connectivity index is 3.36. The van der Waals surface area contributed by atoms with Gasteiger partial charge in [0.25, 0.3) is 0 Å². The fourth-order valence-electron chi connectivity index (χ4n) is 9.54. The van der Waals surface area contributed by atoms with Crippen LogP contribution in [-0.4, -0.2) is 47.4 Å². The Kier molecular flexibility index (Phi) is 56.5. The van der Waals surface area contributed by atoms with Crippen LogP contribution in [0.5, 0.6) is 0 Å². The van der Waals surface area contributed by atoms with Gasteiger partial charge in [0.1, 0.15) is 0 Å². The first-order valence-electron chi connectivity index (χ1n) is 30.6. The molecular weight excluding hydrogens is 839 g/mol. The van der Waals surface area contributed by atoms with Gasteiger partial charge in [0.05, 0.1) is 25.4 Å². The molecular formula is C62H119NO5. The molecule has 0 heterocycles. The molecule has 0 aliphatic heterocycles. The van der Waals surface area contributed by atoms with Crippen LogP contribution in [0.1, 0.15) is 335 Å². The predicted octanol–water partition coefficient (Wildman–Crippen LogP) is 19.0. The monoisotopic (exact) mass is 958 g/mol. The van der Waals surface area contributed by atoms with Gasteiger partial charge in [0.2, 0.25) is 5.91 Å². The van der Waals surface area contributed by atoms with Crippen LogP contribution in [0, 0.1) is 0 Å². The zero-order valence-electron chi connectivity index (χ0n) is 45.9. The van der Waals surface area contributed by atoms with Crippen molar-refractivity contribution >= 4 is 11.9 Å². The molecule has 0 aliphatic rings. The largest absolute Gasteiger partial charge is 0.466 e. The standard InChI is InChI=1S/C62H119NO5/c1-3-5-7-9-11-13-15-17-32-36-40-44-48-52-56-62(67)68-57-53-49-45-41-37-33-29-27-25-23-21-19-18-20-22-24-26-28-31-35-39-43-47-51-55-61(66)63-59(58-64)60(65)54-50-46-42-38-34-30-16-14-12-10-8-6-4-2/h9,11,15,17,59-60,64-65H,3-8,10,12-14,16,18-58H2,1-2H3,(H,63,66)/b11-9-,17-15-. The molecule has 0 fully saturated rings. The van der Waals surface area contributed by atoms with Crippen LogP contribution in [0.3, 0.4) is 0 Å². The molecule has 0 aromatic carbocycles. The molecule has 6 nitrogen and oxygen atoms in total. The Morgan fingerprint density at radius 3 is 1.16 bits per heavy atom. The van der Waals surface area contributed by atoms with Crippen LogP contribution in [0.25, 0.3) is 0 Å². The average Bonchev–Trinajstić information content (AvgIpc) is 3.34. The number of ether oxygens (including phenoxy) is 1. The molecule has 0 aromatic heterocycles. The summed E-state index contributed by atoms with van der Waals surface area (Å²) in [5.74, 6) is -0.0318. The summed E-state index contributed by atoms with van der Waals surface area (Å²) in [5, 5.41) is 23.3. The zero-order chi connectivity index (χ0) is 49.3. The van der Waals surface area contributed by atoms with Gasteiger partial charge in [-0.2, -0.15) is 0 Å². The first kappa shape index (κ1) is 66.3.